The van der Waals surface area contributed by atoms with Crippen LogP contribution in [0.25, 0.3) is 22.3 Å². The standard InChI is InChI=1S/C18H19N5O2/c1-11-19-10-15(23(11)2)13-6-5-12-9-20-17(8-14(12)21-13)22-18(24)16-4-3-7-25-16/h5-6,8-10,16H,3-4,7H2,1-2H3,(H,20,22,24)/t16-/m0/s1. The van der Waals surface area contributed by atoms with Crippen molar-refractivity contribution >= 4 is 22.6 Å². The van der Waals surface area contributed by atoms with Crippen LogP contribution in [0.5, 0.6) is 0 Å². The monoisotopic (exact) mass is 337 g/mol. The number of imidazole rings is 1. The summed E-state index contributed by atoms with van der Waals surface area (Å²) >= 11 is 0. The van der Waals surface area contributed by atoms with E-state index < -0.39 is 0 Å². The van der Waals surface area contributed by atoms with Gasteiger partial charge in [-0.25, -0.2) is 15.0 Å². The highest BCUT2D eigenvalue weighted by atomic mass is 16.5. The average Bonchev–Trinajstić information content (AvgIpc) is 3.26. The number of amides is 1. The minimum Gasteiger partial charge on any atom is -0.368 e. The van der Waals surface area contributed by atoms with Gasteiger partial charge in [0, 0.05) is 31.3 Å². The molecule has 1 aliphatic rings. The third kappa shape index (κ3) is 2.98. The molecule has 7 heteroatoms. The van der Waals surface area contributed by atoms with Gasteiger partial charge in [0.05, 0.1) is 23.1 Å². The number of aromatic nitrogens is 4. The van der Waals surface area contributed by atoms with E-state index in [0.717, 1.165) is 41.0 Å². The topological polar surface area (TPSA) is 81.9 Å². The fourth-order valence-electron chi connectivity index (χ4n) is 2.96. The average molecular weight is 337 g/mol. The summed E-state index contributed by atoms with van der Waals surface area (Å²) in [5.41, 5.74) is 2.55. The summed E-state index contributed by atoms with van der Waals surface area (Å²) in [7, 11) is 1.96. The number of fused-ring (bicyclic) bond motifs is 1. The number of pyridine rings is 2. The Labute approximate surface area is 145 Å². The van der Waals surface area contributed by atoms with Crippen molar-refractivity contribution in [3.63, 3.8) is 0 Å². The van der Waals surface area contributed by atoms with Crippen molar-refractivity contribution in [1.82, 2.24) is 19.5 Å². The maximum Gasteiger partial charge on any atom is 0.254 e. The number of rotatable bonds is 3. The molecular formula is C18H19N5O2. The van der Waals surface area contributed by atoms with Gasteiger partial charge in [0.2, 0.25) is 0 Å². The second kappa shape index (κ2) is 6.25. The van der Waals surface area contributed by atoms with E-state index in [9.17, 15) is 4.79 Å². The summed E-state index contributed by atoms with van der Waals surface area (Å²) in [5.74, 6) is 1.26. The second-order valence-corrected chi connectivity index (χ2v) is 6.20. The Morgan fingerprint density at radius 2 is 2.20 bits per heavy atom. The molecule has 7 nitrogen and oxygen atoms in total. The van der Waals surface area contributed by atoms with Gasteiger partial charge in [0.25, 0.3) is 5.91 Å². The van der Waals surface area contributed by atoms with Crippen LogP contribution in [0.4, 0.5) is 5.82 Å². The first-order valence-electron chi connectivity index (χ1n) is 8.30. The lowest BCUT2D eigenvalue weighted by Gasteiger charge is -2.10. The van der Waals surface area contributed by atoms with E-state index in [2.05, 4.69) is 15.3 Å². The fourth-order valence-corrected chi connectivity index (χ4v) is 2.96. The predicted octanol–water partition coefficient (Wildman–Crippen LogP) is 2.46. The number of nitrogens with zero attached hydrogens (tertiary/aromatic N) is 4. The molecule has 25 heavy (non-hydrogen) atoms. The van der Waals surface area contributed by atoms with Gasteiger partial charge in [-0.15, -0.1) is 0 Å². The number of anilines is 1. The number of ether oxygens (including phenoxy) is 1. The number of carbonyl (C=O) groups is 1. The number of hydrogen-bond donors (Lipinski definition) is 1. The van der Waals surface area contributed by atoms with Crippen LogP contribution in [-0.4, -0.2) is 38.1 Å². The van der Waals surface area contributed by atoms with Gasteiger partial charge in [0.1, 0.15) is 17.7 Å². The molecule has 1 N–H and O–H groups in total. The quantitative estimate of drug-likeness (QED) is 0.794. The molecule has 0 aromatic carbocycles. The summed E-state index contributed by atoms with van der Waals surface area (Å²) in [6.07, 6.45) is 4.81. The van der Waals surface area contributed by atoms with Crippen molar-refractivity contribution in [2.75, 3.05) is 11.9 Å². The SMILES string of the molecule is Cc1ncc(-c2ccc3cnc(NC(=O)[C@@H]4CCCO4)cc3n2)n1C. The summed E-state index contributed by atoms with van der Waals surface area (Å²) in [5, 5.41) is 3.73. The van der Waals surface area contributed by atoms with Crippen LogP contribution in [0.3, 0.4) is 0 Å². The Hall–Kier alpha value is -2.80. The van der Waals surface area contributed by atoms with E-state index in [1.54, 1.807) is 12.3 Å². The van der Waals surface area contributed by atoms with Crippen molar-refractivity contribution < 1.29 is 9.53 Å². The van der Waals surface area contributed by atoms with Crippen molar-refractivity contribution in [2.45, 2.75) is 25.9 Å². The third-order valence-electron chi connectivity index (χ3n) is 4.53. The van der Waals surface area contributed by atoms with E-state index in [0.29, 0.717) is 12.4 Å². The molecule has 0 saturated carbocycles. The first kappa shape index (κ1) is 15.7. The van der Waals surface area contributed by atoms with Crippen molar-refractivity contribution in [1.29, 1.82) is 0 Å². The zero-order chi connectivity index (χ0) is 17.4. The Balaban J connectivity index is 1.64. The molecule has 3 aromatic rings. The lowest BCUT2D eigenvalue weighted by atomic mass is 10.2. The van der Waals surface area contributed by atoms with Crippen LogP contribution in [-0.2, 0) is 16.6 Å². The van der Waals surface area contributed by atoms with Gasteiger partial charge in [0.15, 0.2) is 0 Å². The van der Waals surface area contributed by atoms with Gasteiger partial charge in [-0.05, 0) is 31.9 Å². The van der Waals surface area contributed by atoms with Gasteiger partial charge < -0.3 is 14.6 Å². The normalized spacial score (nSPS) is 17.1. The van der Waals surface area contributed by atoms with Crippen LogP contribution < -0.4 is 5.32 Å². The van der Waals surface area contributed by atoms with E-state index in [1.165, 1.54) is 0 Å². The second-order valence-electron chi connectivity index (χ2n) is 6.20. The van der Waals surface area contributed by atoms with Gasteiger partial charge in [-0.1, -0.05) is 0 Å². The van der Waals surface area contributed by atoms with E-state index >= 15 is 0 Å². The van der Waals surface area contributed by atoms with Gasteiger partial charge >= 0.3 is 0 Å². The number of aryl methyl sites for hydroxylation is 1. The highest BCUT2D eigenvalue weighted by Gasteiger charge is 2.23. The summed E-state index contributed by atoms with van der Waals surface area (Å²) in [6, 6.07) is 5.71. The smallest absolute Gasteiger partial charge is 0.254 e. The highest BCUT2D eigenvalue weighted by Crippen LogP contribution is 2.23. The first-order chi connectivity index (χ1) is 12.1. The van der Waals surface area contributed by atoms with Gasteiger partial charge in [-0.3, -0.25) is 4.79 Å². The van der Waals surface area contributed by atoms with Crippen molar-refractivity contribution in [3.05, 3.63) is 36.4 Å². The van der Waals surface area contributed by atoms with E-state index in [1.807, 2.05) is 36.9 Å². The van der Waals surface area contributed by atoms with E-state index in [-0.39, 0.29) is 12.0 Å². The van der Waals surface area contributed by atoms with Crippen LogP contribution in [0.15, 0.2) is 30.6 Å². The molecule has 4 rings (SSSR count). The molecular weight excluding hydrogens is 318 g/mol. The first-order valence-corrected chi connectivity index (χ1v) is 8.30. The molecule has 0 spiro atoms. The van der Waals surface area contributed by atoms with Gasteiger partial charge in [-0.2, -0.15) is 0 Å². The molecule has 1 fully saturated rings. The molecule has 1 aliphatic heterocycles. The van der Waals surface area contributed by atoms with Crippen molar-refractivity contribution in [3.8, 4) is 11.4 Å². The highest BCUT2D eigenvalue weighted by molar-refractivity contribution is 5.95. The van der Waals surface area contributed by atoms with Crippen LogP contribution >= 0.6 is 0 Å². The van der Waals surface area contributed by atoms with Crippen molar-refractivity contribution in [2.24, 2.45) is 7.05 Å². The third-order valence-corrected chi connectivity index (χ3v) is 4.53. The molecule has 0 aliphatic carbocycles. The number of hydrogen-bond acceptors (Lipinski definition) is 5. The molecule has 0 bridgehead atoms. The maximum absolute atomic E-state index is 12.2. The largest absolute Gasteiger partial charge is 0.368 e. The zero-order valence-corrected chi connectivity index (χ0v) is 14.2. The Kier molecular flexibility index (Phi) is 3.93. The molecule has 4 heterocycles. The fraction of sp³-hybridized carbons (Fsp3) is 0.333. The molecule has 1 amide bonds. The maximum atomic E-state index is 12.2. The van der Waals surface area contributed by atoms with Crippen LogP contribution in [0.1, 0.15) is 18.7 Å². The number of nitrogens with one attached hydrogen (secondary N) is 1. The molecule has 1 saturated heterocycles. The predicted molar refractivity (Wildman–Crippen MR) is 94.1 cm³/mol. The Morgan fingerprint density at radius 1 is 1.32 bits per heavy atom. The Morgan fingerprint density at radius 3 is 2.92 bits per heavy atom. The molecule has 0 unspecified atom stereocenters. The zero-order valence-electron chi connectivity index (χ0n) is 14.2. The summed E-state index contributed by atoms with van der Waals surface area (Å²) < 4.78 is 7.40. The number of carbonyl (C=O) groups excluding carboxylic acids is 1. The van der Waals surface area contributed by atoms with Crippen LogP contribution in [0.2, 0.25) is 0 Å². The Bertz CT molecular complexity index is 944. The summed E-state index contributed by atoms with van der Waals surface area (Å²) in [4.78, 5) is 25.5. The van der Waals surface area contributed by atoms with E-state index in [4.69, 9.17) is 9.72 Å². The molecule has 1 atom stereocenters. The minimum absolute atomic E-state index is 0.150. The molecule has 128 valence electrons. The summed E-state index contributed by atoms with van der Waals surface area (Å²) in [6.45, 7) is 2.59. The van der Waals surface area contributed by atoms with Crippen LogP contribution in [0, 0.1) is 6.92 Å². The lowest BCUT2D eigenvalue weighted by molar-refractivity contribution is -0.124. The molecule has 3 aromatic heterocycles. The molecule has 0 radical (unpaired) electrons. The lowest BCUT2D eigenvalue weighted by Crippen LogP contribution is -2.27. The minimum atomic E-state index is -0.380.